The number of hydrogen-bond acceptors (Lipinski definition) is 2. The van der Waals surface area contributed by atoms with E-state index in [2.05, 4.69) is 0 Å². The van der Waals surface area contributed by atoms with Gasteiger partial charge in [-0.15, -0.1) is 0 Å². The van der Waals surface area contributed by atoms with Crippen LogP contribution >= 0.6 is 0 Å². The van der Waals surface area contributed by atoms with Crippen LogP contribution in [0.5, 0.6) is 0 Å². The van der Waals surface area contributed by atoms with Crippen LogP contribution in [0.25, 0.3) is 11.1 Å². The fraction of sp³-hybridized carbons (Fsp3) is 0. The summed E-state index contributed by atoms with van der Waals surface area (Å²) in [5.74, 6) is -1.40. The molecule has 0 aliphatic carbocycles. The van der Waals surface area contributed by atoms with E-state index >= 15 is 0 Å². The van der Waals surface area contributed by atoms with Crippen molar-refractivity contribution >= 4 is 11.8 Å². The van der Waals surface area contributed by atoms with E-state index in [1.165, 1.54) is 0 Å². The zero-order valence-electron chi connectivity index (χ0n) is 12.3. The molecule has 23 heavy (non-hydrogen) atoms. The molecule has 0 heterocycles. The van der Waals surface area contributed by atoms with Gasteiger partial charge in [0.15, 0.2) is 5.78 Å². The predicted molar refractivity (Wildman–Crippen MR) is 88.7 cm³/mol. The van der Waals surface area contributed by atoms with Gasteiger partial charge in [0.05, 0.1) is 5.56 Å². The van der Waals surface area contributed by atoms with Crippen molar-refractivity contribution in [3.8, 4) is 11.1 Å². The summed E-state index contributed by atoms with van der Waals surface area (Å²) in [5.41, 5.74) is 2.02. The van der Waals surface area contributed by atoms with Crippen molar-refractivity contribution in [2.24, 2.45) is 0 Å². The highest BCUT2D eigenvalue weighted by Gasteiger charge is 2.21. The molecule has 3 heteroatoms. The molecule has 3 aromatic rings. The predicted octanol–water partition coefficient (Wildman–Crippen LogP) is 4.28. The summed E-state index contributed by atoms with van der Waals surface area (Å²) >= 11 is 0. The highest BCUT2D eigenvalue weighted by atomic mass is 16.4. The Kier molecular flexibility index (Phi) is 4.02. The Morgan fingerprint density at radius 3 is 1.91 bits per heavy atom. The van der Waals surface area contributed by atoms with Crippen molar-refractivity contribution in [3.05, 3.63) is 95.6 Å². The van der Waals surface area contributed by atoms with Gasteiger partial charge in [-0.05, 0) is 11.1 Å². The molecule has 1 N–H and O–H groups in total. The molecule has 0 unspecified atom stereocenters. The molecule has 3 aromatic carbocycles. The summed E-state index contributed by atoms with van der Waals surface area (Å²) < 4.78 is 0. The normalized spacial score (nSPS) is 10.3. The number of benzene rings is 3. The van der Waals surface area contributed by atoms with Gasteiger partial charge < -0.3 is 5.11 Å². The zero-order valence-corrected chi connectivity index (χ0v) is 12.3. The van der Waals surface area contributed by atoms with Crippen LogP contribution in [0.2, 0.25) is 0 Å². The Morgan fingerprint density at radius 2 is 1.30 bits per heavy atom. The molecule has 0 aromatic heterocycles. The summed E-state index contributed by atoms with van der Waals surface area (Å²) in [7, 11) is 0. The summed E-state index contributed by atoms with van der Waals surface area (Å²) in [5, 5.41) is 9.65. The van der Waals surface area contributed by atoms with Crippen LogP contribution in [0.3, 0.4) is 0 Å². The Morgan fingerprint density at radius 1 is 0.696 bits per heavy atom. The first-order valence-electron chi connectivity index (χ1n) is 7.20. The Labute approximate surface area is 133 Å². The Hall–Kier alpha value is -3.20. The van der Waals surface area contributed by atoms with Gasteiger partial charge in [0.25, 0.3) is 0 Å². The van der Waals surface area contributed by atoms with E-state index in [-0.39, 0.29) is 16.9 Å². The van der Waals surface area contributed by atoms with Crippen LogP contribution in [0.1, 0.15) is 26.3 Å². The lowest BCUT2D eigenvalue weighted by Gasteiger charge is -2.11. The molecule has 0 saturated carbocycles. The minimum atomic E-state index is -1.11. The van der Waals surface area contributed by atoms with Crippen molar-refractivity contribution in [1.82, 2.24) is 0 Å². The third-order valence-electron chi connectivity index (χ3n) is 3.64. The van der Waals surface area contributed by atoms with Crippen molar-refractivity contribution < 1.29 is 14.7 Å². The van der Waals surface area contributed by atoms with E-state index in [1.54, 1.807) is 42.5 Å². The Balaban J connectivity index is 2.19. The van der Waals surface area contributed by atoms with E-state index in [1.807, 2.05) is 36.4 Å². The molecular formula is C20H14O3. The largest absolute Gasteiger partial charge is 0.478 e. The molecule has 0 bridgehead atoms. The monoisotopic (exact) mass is 302 g/mol. The average molecular weight is 302 g/mol. The first-order chi connectivity index (χ1) is 11.2. The van der Waals surface area contributed by atoms with Crippen LogP contribution in [0.15, 0.2) is 78.9 Å². The third kappa shape index (κ3) is 2.90. The van der Waals surface area contributed by atoms with E-state index in [9.17, 15) is 14.7 Å². The van der Waals surface area contributed by atoms with E-state index in [0.29, 0.717) is 11.1 Å². The van der Waals surface area contributed by atoms with Gasteiger partial charge in [-0.25, -0.2) is 4.79 Å². The summed E-state index contributed by atoms with van der Waals surface area (Å²) in [6.07, 6.45) is 0. The SMILES string of the molecule is O=C(c1ccccc1)c1cccc(-c2ccccc2)c1C(=O)O. The lowest BCUT2D eigenvalue weighted by Crippen LogP contribution is -2.11. The lowest BCUT2D eigenvalue weighted by molar-refractivity contribution is 0.0693. The molecule has 0 aliphatic heterocycles. The van der Waals surface area contributed by atoms with Crippen molar-refractivity contribution in [2.75, 3.05) is 0 Å². The third-order valence-corrected chi connectivity index (χ3v) is 3.64. The van der Waals surface area contributed by atoms with E-state index in [0.717, 1.165) is 5.56 Å². The van der Waals surface area contributed by atoms with Crippen molar-refractivity contribution in [2.45, 2.75) is 0 Å². The molecule has 0 aliphatic rings. The van der Waals surface area contributed by atoms with Crippen LogP contribution in [-0.2, 0) is 0 Å². The molecule has 112 valence electrons. The van der Waals surface area contributed by atoms with Gasteiger partial charge >= 0.3 is 5.97 Å². The average Bonchev–Trinajstić information content (AvgIpc) is 2.62. The maximum absolute atomic E-state index is 12.7. The van der Waals surface area contributed by atoms with Crippen LogP contribution < -0.4 is 0 Å². The summed E-state index contributed by atoms with van der Waals surface area (Å²) in [6, 6.07) is 22.9. The van der Waals surface area contributed by atoms with Crippen LogP contribution in [0, 0.1) is 0 Å². The highest BCUT2D eigenvalue weighted by molar-refractivity contribution is 6.16. The number of carbonyl (C=O) groups excluding carboxylic acids is 1. The second-order valence-corrected chi connectivity index (χ2v) is 5.09. The number of carboxylic acids is 1. The minimum Gasteiger partial charge on any atom is -0.478 e. The fourth-order valence-corrected chi connectivity index (χ4v) is 2.58. The van der Waals surface area contributed by atoms with E-state index in [4.69, 9.17) is 0 Å². The molecule has 0 amide bonds. The van der Waals surface area contributed by atoms with Crippen molar-refractivity contribution in [1.29, 1.82) is 0 Å². The topological polar surface area (TPSA) is 54.4 Å². The molecular weight excluding hydrogens is 288 g/mol. The molecule has 0 atom stereocenters. The number of ketones is 1. The minimum absolute atomic E-state index is 0.0348. The van der Waals surface area contributed by atoms with Crippen LogP contribution in [-0.4, -0.2) is 16.9 Å². The van der Waals surface area contributed by atoms with Gasteiger partial charge in [0.2, 0.25) is 0 Å². The summed E-state index contributed by atoms with van der Waals surface area (Å²) in [4.78, 5) is 24.5. The molecule has 0 spiro atoms. The van der Waals surface area contributed by atoms with Gasteiger partial charge in [0.1, 0.15) is 0 Å². The maximum atomic E-state index is 12.7. The number of hydrogen-bond donors (Lipinski definition) is 1. The number of carboxylic acid groups (broad SMARTS) is 1. The molecule has 3 rings (SSSR count). The maximum Gasteiger partial charge on any atom is 0.337 e. The first-order valence-corrected chi connectivity index (χ1v) is 7.20. The second kappa shape index (κ2) is 6.28. The quantitative estimate of drug-likeness (QED) is 0.732. The number of rotatable bonds is 4. The highest BCUT2D eigenvalue weighted by Crippen LogP contribution is 2.27. The first kappa shape index (κ1) is 14.7. The number of carbonyl (C=O) groups is 2. The number of aromatic carboxylic acids is 1. The van der Waals surface area contributed by atoms with Gasteiger partial charge in [-0.1, -0.05) is 78.9 Å². The van der Waals surface area contributed by atoms with Crippen molar-refractivity contribution in [3.63, 3.8) is 0 Å². The second-order valence-electron chi connectivity index (χ2n) is 5.09. The lowest BCUT2D eigenvalue weighted by atomic mass is 9.91. The Bertz CT molecular complexity index is 853. The molecule has 0 saturated heterocycles. The fourth-order valence-electron chi connectivity index (χ4n) is 2.58. The zero-order chi connectivity index (χ0) is 16.2. The van der Waals surface area contributed by atoms with Gasteiger partial charge in [-0.3, -0.25) is 4.79 Å². The molecule has 0 radical (unpaired) electrons. The van der Waals surface area contributed by atoms with Gasteiger partial charge in [-0.2, -0.15) is 0 Å². The summed E-state index contributed by atoms with van der Waals surface area (Å²) in [6.45, 7) is 0. The molecule has 0 fully saturated rings. The van der Waals surface area contributed by atoms with Crippen LogP contribution in [0.4, 0.5) is 0 Å². The van der Waals surface area contributed by atoms with E-state index < -0.39 is 5.97 Å². The van der Waals surface area contributed by atoms with Gasteiger partial charge in [0, 0.05) is 11.1 Å². The molecule has 3 nitrogen and oxygen atoms in total. The standard InChI is InChI=1S/C20H14O3/c21-19(15-10-5-2-6-11-15)17-13-7-12-16(18(17)20(22)23)14-8-3-1-4-9-14/h1-13H,(H,22,23). The smallest absolute Gasteiger partial charge is 0.337 e.